The van der Waals surface area contributed by atoms with E-state index in [1.807, 2.05) is 30.5 Å². The highest BCUT2D eigenvalue weighted by Gasteiger charge is 2.20. The van der Waals surface area contributed by atoms with Gasteiger partial charge in [0.2, 0.25) is 11.9 Å². The Kier molecular flexibility index (Phi) is 8.55. The van der Waals surface area contributed by atoms with Gasteiger partial charge in [0, 0.05) is 45.6 Å². The van der Waals surface area contributed by atoms with Crippen LogP contribution in [0, 0.1) is 0 Å². The summed E-state index contributed by atoms with van der Waals surface area (Å²) in [5.41, 5.74) is 4.66. The van der Waals surface area contributed by atoms with Crippen molar-refractivity contribution in [2.75, 3.05) is 58.6 Å². The number of anilines is 4. The third kappa shape index (κ3) is 6.53. The highest BCUT2D eigenvalue weighted by Crippen LogP contribution is 2.34. The molecule has 11 nitrogen and oxygen atoms in total. The van der Waals surface area contributed by atoms with Crippen molar-refractivity contribution in [3.8, 4) is 17.2 Å². The number of hydrogen-bond acceptors (Lipinski definition) is 9. The lowest BCUT2D eigenvalue weighted by molar-refractivity contribution is -0.129. The van der Waals surface area contributed by atoms with Gasteiger partial charge in [0.15, 0.2) is 5.82 Å². The normalized spacial score (nSPS) is 13.2. The number of rotatable bonds is 9. The first-order valence-electron chi connectivity index (χ1n) is 13.2. The lowest BCUT2D eigenvalue weighted by Crippen LogP contribution is -2.37. The summed E-state index contributed by atoms with van der Waals surface area (Å²) < 4.78 is 12.9. The van der Waals surface area contributed by atoms with Crippen molar-refractivity contribution in [1.82, 2.24) is 29.5 Å². The minimum atomic E-state index is 0.103. The van der Waals surface area contributed by atoms with Crippen LogP contribution in [0.15, 0.2) is 55.0 Å². The Morgan fingerprint density at radius 3 is 2.51 bits per heavy atom. The third-order valence-corrected chi connectivity index (χ3v) is 7.25. The average molecular weight is 577 g/mol. The smallest absolute Gasteiger partial charge is 0.236 e. The van der Waals surface area contributed by atoms with E-state index in [0.717, 1.165) is 43.0 Å². The summed E-state index contributed by atoms with van der Waals surface area (Å²) in [6.45, 7) is 2.02. The first-order chi connectivity index (χ1) is 19.8. The molecule has 0 fully saturated rings. The zero-order valence-electron chi connectivity index (χ0n) is 23.5. The van der Waals surface area contributed by atoms with E-state index in [-0.39, 0.29) is 5.91 Å². The molecule has 0 atom stereocenters. The first kappa shape index (κ1) is 28.2. The number of nitrogens with one attached hydrogen (secondary N) is 2. The van der Waals surface area contributed by atoms with Gasteiger partial charge < -0.3 is 25.0 Å². The summed E-state index contributed by atoms with van der Waals surface area (Å²) in [5, 5.41) is 11.3. The number of fused-ring (bicyclic) bond motifs is 1. The minimum absolute atomic E-state index is 0.103. The van der Waals surface area contributed by atoms with E-state index in [1.165, 1.54) is 11.1 Å². The predicted molar refractivity (Wildman–Crippen MR) is 159 cm³/mol. The van der Waals surface area contributed by atoms with Crippen molar-refractivity contribution in [3.05, 3.63) is 71.1 Å². The van der Waals surface area contributed by atoms with Crippen LogP contribution in [-0.4, -0.2) is 83.4 Å². The molecule has 3 heterocycles. The summed E-state index contributed by atoms with van der Waals surface area (Å²) in [6, 6.07) is 11.6. The molecule has 2 N–H and O–H groups in total. The maximum atomic E-state index is 12.2. The standard InChI is InChI=1S/C29H33ClN8O3/c1-36(2)27(39)18-37-12-8-19-14-24(26(41-4)15-20(19)9-13-37)34-29-31-17-22(30)28(35-29)33-23-7-6-21(40-3)16-25(23)38-11-5-10-32-38/h5-7,10-11,14-17H,8-9,12-13,18H2,1-4H3,(H2,31,33,34,35). The second-order valence-corrected chi connectivity index (χ2v) is 10.3. The summed E-state index contributed by atoms with van der Waals surface area (Å²) >= 11 is 6.51. The van der Waals surface area contributed by atoms with E-state index in [1.54, 1.807) is 50.3 Å². The molecule has 0 unspecified atom stereocenters. The summed E-state index contributed by atoms with van der Waals surface area (Å²) in [6.07, 6.45) is 6.75. The van der Waals surface area contributed by atoms with Crippen molar-refractivity contribution in [2.24, 2.45) is 0 Å². The molecule has 1 aliphatic rings. The molecular weight excluding hydrogens is 544 g/mol. The molecular formula is C29H33ClN8O3. The fourth-order valence-electron chi connectivity index (χ4n) is 4.67. The number of benzene rings is 2. The largest absolute Gasteiger partial charge is 0.497 e. The SMILES string of the molecule is COc1ccc(Nc2nc(Nc3cc4c(cc3OC)CCN(CC(=O)N(C)C)CC4)ncc2Cl)c(-n2cccn2)c1. The van der Waals surface area contributed by atoms with Crippen LogP contribution >= 0.6 is 11.6 Å². The first-order valence-corrected chi connectivity index (χ1v) is 13.6. The maximum absolute atomic E-state index is 12.2. The van der Waals surface area contributed by atoms with Crippen LogP contribution < -0.4 is 20.1 Å². The highest BCUT2D eigenvalue weighted by molar-refractivity contribution is 6.33. The van der Waals surface area contributed by atoms with Gasteiger partial charge >= 0.3 is 0 Å². The maximum Gasteiger partial charge on any atom is 0.236 e. The molecule has 41 heavy (non-hydrogen) atoms. The molecule has 0 saturated heterocycles. The van der Waals surface area contributed by atoms with E-state index in [2.05, 4.69) is 42.7 Å². The van der Waals surface area contributed by atoms with Crippen LogP contribution in [-0.2, 0) is 17.6 Å². The van der Waals surface area contributed by atoms with Gasteiger partial charge in [-0.05, 0) is 54.3 Å². The van der Waals surface area contributed by atoms with E-state index in [0.29, 0.717) is 34.8 Å². The molecule has 0 radical (unpaired) electrons. The molecule has 1 aliphatic heterocycles. The van der Waals surface area contributed by atoms with E-state index in [4.69, 9.17) is 21.1 Å². The van der Waals surface area contributed by atoms with Crippen molar-refractivity contribution >= 4 is 40.6 Å². The molecule has 0 saturated carbocycles. The Labute approximate surface area is 244 Å². The van der Waals surface area contributed by atoms with Crippen molar-refractivity contribution in [3.63, 3.8) is 0 Å². The Balaban J connectivity index is 1.38. The van der Waals surface area contributed by atoms with Gasteiger partial charge in [-0.2, -0.15) is 10.1 Å². The molecule has 214 valence electrons. The Bertz CT molecular complexity index is 1530. The number of likely N-dealkylation sites (N-methyl/N-ethyl adjacent to an activating group) is 1. The number of aromatic nitrogens is 4. The van der Waals surface area contributed by atoms with Crippen LogP contribution in [0.5, 0.6) is 11.5 Å². The molecule has 1 amide bonds. The van der Waals surface area contributed by atoms with Gasteiger partial charge in [-0.3, -0.25) is 9.69 Å². The number of nitrogens with zero attached hydrogens (tertiary/aromatic N) is 6. The van der Waals surface area contributed by atoms with Gasteiger partial charge in [0.05, 0.1) is 44.0 Å². The Hall–Kier alpha value is -4.35. The predicted octanol–water partition coefficient (Wildman–Crippen LogP) is 4.31. The fourth-order valence-corrected chi connectivity index (χ4v) is 4.80. The highest BCUT2D eigenvalue weighted by atomic mass is 35.5. The second-order valence-electron chi connectivity index (χ2n) is 9.86. The average Bonchev–Trinajstić information content (AvgIpc) is 3.44. The number of hydrogen-bond donors (Lipinski definition) is 2. The number of methoxy groups -OCH3 is 2. The van der Waals surface area contributed by atoms with Crippen LogP contribution in [0.3, 0.4) is 0 Å². The van der Waals surface area contributed by atoms with Crippen LogP contribution in [0.4, 0.5) is 23.1 Å². The molecule has 0 bridgehead atoms. The number of amides is 1. The van der Waals surface area contributed by atoms with Crippen LogP contribution in [0.25, 0.3) is 5.69 Å². The van der Waals surface area contributed by atoms with Crippen LogP contribution in [0.2, 0.25) is 5.02 Å². The zero-order valence-corrected chi connectivity index (χ0v) is 24.3. The van der Waals surface area contributed by atoms with Gasteiger partial charge in [-0.1, -0.05) is 11.6 Å². The molecule has 5 rings (SSSR count). The Morgan fingerprint density at radius 2 is 1.83 bits per heavy atom. The molecule has 2 aromatic heterocycles. The number of carbonyl (C=O) groups excluding carboxylic acids is 1. The van der Waals surface area contributed by atoms with Crippen molar-refractivity contribution in [1.29, 1.82) is 0 Å². The lowest BCUT2D eigenvalue weighted by atomic mass is 10.0. The van der Waals surface area contributed by atoms with Gasteiger partial charge in [-0.15, -0.1) is 0 Å². The second kappa shape index (κ2) is 12.4. The monoisotopic (exact) mass is 576 g/mol. The third-order valence-electron chi connectivity index (χ3n) is 6.97. The minimum Gasteiger partial charge on any atom is -0.497 e. The zero-order chi connectivity index (χ0) is 28.9. The number of carbonyl (C=O) groups is 1. The van der Waals surface area contributed by atoms with Crippen molar-refractivity contribution in [2.45, 2.75) is 12.8 Å². The van der Waals surface area contributed by atoms with E-state index >= 15 is 0 Å². The van der Waals surface area contributed by atoms with Gasteiger partial charge in [0.1, 0.15) is 16.5 Å². The summed E-state index contributed by atoms with van der Waals surface area (Å²) in [7, 11) is 6.83. The van der Waals surface area contributed by atoms with Crippen molar-refractivity contribution < 1.29 is 14.3 Å². The molecule has 2 aromatic carbocycles. The number of halogens is 1. The Morgan fingerprint density at radius 1 is 1.05 bits per heavy atom. The van der Waals surface area contributed by atoms with Crippen LogP contribution in [0.1, 0.15) is 11.1 Å². The summed E-state index contributed by atoms with van der Waals surface area (Å²) in [4.78, 5) is 25.1. The molecule has 4 aromatic rings. The van der Waals surface area contributed by atoms with Gasteiger partial charge in [0.25, 0.3) is 0 Å². The quantitative estimate of drug-likeness (QED) is 0.301. The molecule has 12 heteroatoms. The summed E-state index contributed by atoms with van der Waals surface area (Å²) in [5.74, 6) is 2.27. The molecule has 0 spiro atoms. The lowest BCUT2D eigenvalue weighted by Gasteiger charge is -2.21. The van der Waals surface area contributed by atoms with E-state index in [9.17, 15) is 4.79 Å². The number of ether oxygens (including phenoxy) is 2. The molecule has 0 aliphatic carbocycles. The van der Waals surface area contributed by atoms with E-state index < -0.39 is 0 Å². The topological polar surface area (TPSA) is 110 Å². The van der Waals surface area contributed by atoms with Gasteiger partial charge in [-0.25, -0.2) is 9.67 Å². The fraction of sp³-hybridized carbons (Fsp3) is 0.310.